The second kappa shape index (κ2) is 7.22. The first-order valence-electron chi connectivity index (χ1n) is 9.78. The molecule has 1 unspecified atom stereocenters. The van der Waals surface area contributed by atoms with Crippen molar-refractivity contribution in [1.82, 2.24) is 19.7 Å². The van der Waals surface area contributed by atoms with Gasteiger partial charge in [-0.05, 0) is 24.6 Å². The monoisotopic (exact) mass is 391 g/mol. The van der Waals surface area contributed by atoms with E-state index in [1.807, 2.05) is 29.1 Å². The highest BCUT2D eigenvalue weighted by atomic mass is 16.5. The molecule has 2 saturated heterocycles. The van der Waals surface area contributed by atoms with E-state index in [0.717, 1.165) is 31.9 Å². The van der Waals surface area contributed by atoms with Gasteiger partial charge >= 0.3 is 0 Å². The fourth-order valence-electron chi connectivity index (χ4n) is 4.18. The van der Waals surface area contributed by atoms with Crippen molar-refractivity contribution in [1.29, 1.82) is 5.26 Å². The van der Waals surface area contributed by atoms with Crippen molar-refractivity contribution in [3.05, 3.63) is 46.5 Å². The molecule has 1 N–H and O–H groups in total. The van der Waals surface area contributed by atoms with Crippen molar-refractivity contribution in [2.75, 3.05) is 49.2 Å². The lowest BCUT2D eigenvalue weighted by Crippen LogP contribution is -2.36. The minimum Gasteiger partial charge on any atom is -0.378 e. The molecule has 9 heteroatoms. The van der Waals surface area contributed by atoms with Crippen molar-refractivity contribution in [3.63, 3.8) is 0 Å². The minimum absolute atomic E-state index is 0.116. The first-order chi connectivity index (χ1) is 14.2. The third kappa shape index (κ3) is 3.11. The summed E-state index contributed by atoms with van der Waals surface area (Å²) in [4.78, 5) is 24.5. The Balaban J connectivity index is 1.60. The van der Waals surface area contributed by atoms with Crippen LogP contribution in [0.15, 0.2) is 35.4 Å². The van der Waals surface area contributed by atoms with Gasteiger partial charge in [-0.25, -0.2) is 4.98 Å². The third-order valence-electron chi connectivity index (χ3n) is 5.64. The van der Waals surface area contributed by atoms with Gasteiger partial charge in [0.2, 0.25) is 0 Å². The van der Waals surface area contributed by atoms with Gasteiger partial charge < -0.3 is 19.5 Å². The normalized spacial score (nSPS) is 19.6. The highest BCUT2D eigenvalue weighted by molar-refractivity contribution is 5.92. The molecule has 148 valence electrons. The van der Waals surface area contributed by atoms with Gasteiger partial charge in [0.15, 0.2) is 0 Å². The molecule has 2 aliphatic heterocycles. The van der Waals surface area contributed by atoms with Gasteiger partial charge in [-0.1, -0.05) is 0 Å². The standard InChI is InChI=1S/C20H21N7O2/c21-12-15-19(26-7-4-14(13-26)27-6-1-5-22-27)18-16(23-20(15)28)2-3-17(24-18)25-8-10-29-11-9-25/h1-3,5-6,14H,4,7-11,13H2,(H,23,28). The summed E-state index contributed by atoms with van der Waals surface area (Å²) in [7, 11) is 0. The molecule has 0 saturated carbocycles. The predicted octanol–water partition coefficient (Wildman–Crippen LogP) is 1.28. The Hall–Kier alpha value is -3.38. The number of hydrogen-bond acceptors (Lipinski definition) is 7. The zero-order chi connectivity index (χ0) is 19.8. The number of nitrogens with one attached hydrogen (secondary N) is 1. The number of anilines is 2. The van der Waals surface area contributed by atoms with Crippen LogP contribution in [0.3, 0.4) is 0 Å². The Bertz CT molecular complexity index is 1130. The van der Waals surface area contributed by atoms with E-state index in [9.17, 15) is 10.1 Å². The lowest BCUT2D eigenvalue weighted by atomic mass is 10.1. The summed E-state index contributed by atoms with van der Waals surface area (Å²) in [5.74, 6) is 0.834. The molecular formula is C20H21N7O2. The van der Waals surface area contributed by atoms with Crippen LogP contribution in [0.2, 0.25) is 0 Å². The average molecular weight is 391 g/mol. The van der Waals surface area contributed by atoms with Crippen LogP contribution in [-0.2, 0) is 4.74 Å². The van der Waals surface area contributed by atoms with Crippen LogP contribution >= 0.6 is 0 Å². The second-order valence-electron chi connectivity index (χ2n) is 7.33. The molecule has 0 bridgehead atoms. The Kier molecular flexibility index (Phi) is 4.41. The van der Waals surface area contributed by atoms with Crippen molar-refractivity contribution in [2.45, 2.75) is 12.5 Å². The van der Waals surface area contributed by atoms with E-state index in [-0.39, 0.29) is 17.2 Å². The number of H-pyrrole nitrogens is 1. The Morgan fingerprint density at radius 1 is 1.21 bits per heavy atom. The molecule has 0 aliphatic carbocycles. The maximum absolute atomic E-state index is 12.6. The number of nitriles is 1. The van der Waals surface area contributed by atoms with E-state index >= 15 is 0 Å². The third-order valence-corrected chi connectivity index (χ3v) is 5.64. The van der Waals surface area contributed by atoms with Crippen LogP contribution in [0.5, 0.6) is 0 Å². The molecule has 1 atom stereocenters. The molecule has 3 aromatic rings. The molecule has 29 heavy (non-hydrogen) atoms. The Morgan fingerprint density at radius 3 is 2.83 bits per heavy atom. The summed E-state index contributed by atoms with van der Waals surface area (Å²) in [5, 5.41) is 14.1. The Morgan fingerprint density at radius 2 is 2.07 bits per heavy atom. The molecule has 5 rings (SSSR count). The number of aromatic amines is 1. The van der Waals surface area contributed by atoms with Crippen molar-refractivity contribution < 1.29 is 4.74 Å². The summed E-state index contributed by atoms with van der Waals surface area (Å²) in [6.45, 7) is 4.29. The number of morpholine rings is 1. The number of ether oxygens (including phenoxy) is 1. The van der Waals surface area contributed by atoms with E-state index in [2.05, 4.69) is 26.0 Å². The van der Waals surface area contributed by atoms with Gasteiger partial charge in [-0.2, -0.15) is 10.4 Å². The molecule has 9 nitrogen and oxygen atoms in total. The summed E-state index contributed by atoms with van der Waals surface area (Å²) in [6.07, 6.45) is 4.61. The van der Waals surface area contributed by atoms with E-state index in [1.165, 1.54) is 0 Å². The highest BCUT2D eigenvalue weighted by Crippen LogP contribution is 2.33. The topological polar surface area (TPSA) is 103 Å². The van der Waals surface area contributed by atoms with Crippen LogP contribution in [-0.4, -0.2) is 59.1 Å². The fraction of sp³-hybridized carbons (Fsp3) is 0.400. The number of rotatable bonds is 3. The first-order valence-corrected chi connectivity index (χ1v) is 9.78. The zero-order valence-electron chi connectivity index (χ0n) is 15.9. The van der Waals surface area contributed by atoms with Gasteiger partial charge in [0.25, 0.3) is 5.56 Å². The van der Waals surface area contributed by atoms with Gasteiger partial charge in [0.05, 0.1) is 30.5 Å². The average Bonchev–Trinajstić information content (AvgIpc) is 3.45. The van der Waals surface area contributed by atoms with E-state index in [4.69, 9.17) is 9.72 Å². The quantitative estimate of drug-likeness (QED) is 0.717. The number of aromatic nitrogens is 4. The highest BCUT2D eigenvalue weighted by Gasteiger charge is 2.29. The predicted molar refractivity (Wildman–Crippen MR) is 108 cm³/mol. The maximum atomic E-state index is 12.6. The van der Waals surface area contributed by atoms with Crippen molar-refractivity contribution in [3.8, 4) is 6.07 Å². The fourth-order valence-corrected chi connectivity index (χ4v) is 4.18. The molecule has 0 spiro atoms. The molecule has 0 aromatic carbocycles. The SMILES string of the molecule is N#Cc1c(N2CCC(n3cccn3)C2)c2nc(N3CCOCC3)ccc2[nH]c1=O. The van der Waals surface area contributed by atoms with Crippen LogP contribution in [0, 0.1) is 11.3 Å². The van der Waals surface area contributed by atoms with Crippen molar-refractivity contribution >= 4 is 22.5 Å². The number of nitrogens with zero attached hydrogens (tertiary/aromatic N) is 6. The summed E-state index contributed by atoms with van der Waals surface area (Å²) in [6, 6.07) is 7.99. The molecule has 3 aromatic heterocycles. The maximum Gasteiger partial charge on any atom is 0.268 e. The van der Waals surface area contributed by atoms with Gasteiger partial charge in [0.1, 0.15) is 23.0 Å². The van der Waals surface area contributed by atoms with E-state index in [1.54, 1.807) is 6.20 Å². The van der Waals surface area contributed by atoms with Gasteiger partial charge in [-0.3, -0.25) is 9.48 Å². The molecular weight excluding hydrogens is 370 g/mol. The lowest BCUT2D eigenvalue weighted by molar-refractivity contribution is 0.122. The van der Waals surface area contributed by atoms with E-state index in [0.29, 0.717) is 36.5 Å². The largest absolute Gasteiger partial charge is 0.378 e. The number of pyridine rings is 2. The van der Waals surface area contributed by atoms with Gasteiger partial charge in [0, 0.05) is 38.6 Å². The molecule has 2 aliphatic rings. The summed E-state index contributed by atoms with van der Waals surface area (Å²) in [5.41, 5.74) is 1.66. The summed E-state index contributed by atoms with van der Waals surface area (Å²) < 4.78 is 7.38. The first kappa shape index (κ1) is 17.7. The smallest absolute Gasteiger partial charge is 0.268 e. The summed E-state index contributed by atoms with van der Waals surface area (Å²) >= 11 is 0. The number of hydrogen-bond donors (Lipinski definition) is 1. The van der Waals surface area contributed by atoms with Crippen LogP contribution in [0.1, 0.15) is 18.0 Å². The molecule has 2 fully saturated rings. The molecule has 5 heterocycles. The minimum atomic E-state index is -0.376. The van der Waals surface area contributed by atoms with Crippen LogP contribution in [0.4, 0.5) is 11.5 Å². The molecule has 0 radical (unpaired) electrons. The van der Waals surface area contributed by atoms with Crippen molar-refractivity contribution in [2.24, 2.45) is 0 Å². The van der Waals surface area contributed by atoms with E-state index < -0.39 is 0 Å². The second-order valence-corrected chi connectivity index (χ2v) is 7.33. The van der Waals surface area contributed by atoms with Gasteiger partial charge in [-0.15, -0.1) is 0 Å². The van der Waals surface area contributed by atoms with Crippen LogP contribution in [0.25, 0.3) is 11.0 Å². The number of fused-ring (bicyclic) bond motifs is 1. The zero-order valence-corrected chi connectivity index (χ0v) is 15.9. The lowest BCUT2D eigenvalue weighted by Gasteiger charge is -2.28. The molecule has 0 amide bonds. The Labute approximate surface area is 167 Å². The van der Waals surface area contributed by atoms with Crippen LogP contribution < -0.4 is 15.4 Å².